The third-order valence-electron chi connectivity index (χ3n) is 6.16. The second kappa shape index (κ2) is 4.60. The van der Waals surface area contributed by atoms with E-state index in [1.165, 1.54) is 19.2 Å². The normalized spacial score (nSPS) is 40.9. The van der Waals surface area contributed by atoms with Gasteiger partial charge in [0.15, 0.2) is 0 Å². The molecule has 1 spiro atoms. The molecule has 4 heteroatoms. The molecule has 114 valence electrons. The van der Waals surface area contributed by atoms with Gasteiger partial charge >= 0.3 is 5.97 Å². The largest absolute Gasteiger partial charge is 0.465 e. The van der Waals surface area contributed by atoms with Crippen LogP contribution in [0.15, 0.2) is 23.4 Å². The smallest absolute Gasteiger partial charge is 0.337 e. The molecular formula is C17H23NO3. The van der Waals surface area contributed by atoms with Crippen molar-refractivity contribution in [1.82, 2.24) is 4.90 Å². The molecule has 0 radical (unpaired) electrons. The fourth-order valence-corrected chi connectivity index (χ4v) is 5.39. The highest BCUT2D eigenvalue weighted by Crippen LogP contribution is 2.62. The van der Waals surface area contributed by atoms with Crippen LogP contribution in [0.25, 0.3) is 0 Å². The zero-order chi connectivity index (χ0) is 14.6. The van der Waals surface area contributed by atoms with Crippen molar-refractivity contribution in [3.63, 3.8) is 0 Å². The zero-order valence-electron chi connectivity index (χ0n) is 12.5. The van der Waals surface area contributed by atoms with E-state index in [4.69, 9.17) is 4.74 Å². The third kappa shape index (κ3) is 1.68. The van der Waals surface area contributed by atoms with Crippen molar-refractivity contribution in [3.05, 3.63) is 23.4 Å². The Hall–Kier alpha value is -1.29. The first-order valence-electron chi connectivity index (χ1n) is 8.12. The number of aliphatic hydroxyl groups excluding tert-OH is 1. The van der Waals surface area contributed by atoms with Gasteiger partial charge in [0.05, 0.1) is 18.8 Å². The van der Waals surface area contributed by atoms with Crippen LogP contribution in [0.2, 0.25) is 0 Å². The summed E-state index contributed by atoms with van der Waals surface area (Å²) >= 11 is 0. The molecule has 4 atom stereocenters. The summed E-state index contributed by atoms with van der Waals surface area (Å²) in [5.41, 5.74) is 2.06. The molecule has 4 nitrogen and oxygen atoms in total. The Bertz CT molecular complexity index is 538. The molecule has 2 saturated heterocycles. The zero-order valence-corrected chi connectivity index (χ0v) is 12.5. The number of rotatable bonds is 1. The number of allylic oxidation sites excluding steroid dienone is 2. The molecule has 2 bridgehead atoms. The first-order valence-corrected chi connectivity index (χ1v) is 8.12. The summed E-state index contributed by atoms with van der Waals surface area (Å²) in [4.78, 5) is 14.4. The fourth-order valence-electron chi connectivity index (χ4n) is 5.39. The van der Waals surface area contributed by atoms with Crippen LogP contribution in [0, 0.1) is 17.3 Å². The van der Waals surface area contributed by atoms with Crippen LogP contribution in [0.3, 0.4) is 0 Å². The molecule has 2 aliphatic heterocycles. The molecule has 0 aromatic rings. The lowest BCUT2D eigenvalue weighted by atomic mass is 9.62. The second-order valence-corrected chi connectivity index (χ2v) is 6.93. The van der Waals surface area contributed by atoms with Gasteiger partial charge in [0.2, 0.25) is 0 Å². The molecule has 2 heterocycles. The van der Waals surface area contributed by atoms with E-state index in [0.29, 0.717) is 11.5 Å². The van der Waals surface area contributed by atoms with Gasteiger partial charge in [-0.05, 0) is 50.0 Å². The van der Waals surface area contributed by atoms with E-state index in [-0.39, 0.29) is 23.4 Å². The number of piperidine rings is 1. The van der Waals surface area contributed by atoms with E-state index in [2.05, 4.69) is 17.1 Å². The maximum atomic E-state index is 12.0. The minimum absolute atomic E-state index is 0.0751. The Morgan fingerprint density at radius 1 is 1.43 bits per heavy atom. The summed E-state index contributed by atoms with van der Waals surface area (Å²) in [5.74, 6) is 0.390. The third-order valence-corrected chi connectivity index (χ3v) is 6.16. The number of nitrogens with zero attached hydrogens (tertiary/aromatic N) is 1. The summed E-state index contributed by atoms with van der Waals surface area (Å²) in [6.07, 6.45) is 9.27. The summed E-state index contributed by atoms with van der Waals surface area (Å²) in [6.45, 7) is 2.13. The maximum Gasteiger partial charge on any atom is 0.337 e. The van der Waals surface area contributed by atoms with Crippen LogP contribution in [0.1, 0.15) is 32.1 Å². The maximum absolute atomic E-state index is 12.0. The summed E-state index contributed by atoms with van der Waals surface area (Å²) in [6, 6.07) is 0. The lowest BCUT2D eigenvalue weighted by molar-refractivity contribution is -0.135. The molecule has 0 aromatic heterocycles. The van der Waals surface area contributed by atoms with Crippen molar-refractivity contribution in [1.29, 1.82) is 0 Å². The quantitative estimate of drug-likeness (QED) is 0.749. The number of esters is 1. The monoisotopic (exact) mass is 289 g/mol. The Labute approximate surface area is 125 Å². The number of methoxy groups -OCH3 is 1. The SMILES string of the molecule is COC(=O)C1=CC2CC(O)C3CCCN4CCCC23C4=C1. The number of hydrogen-bond donors (Lipinski definition) is 1. The van der Waals surface area contributed by atoms with Gasteiger partial charge in [0.25, 0.3) is 0 Å². The molecular weight excluding hydrogens is 266 g/mol. The van der Waals surface area contributed by atoms with Gasteiger partial charge in [0, 0.05) is 24.2 Å². The average Bonchev–Trinajstić information content (AvgIpc) is 2.71. The Kier molecular flexibility index (Phi) is 2.93. The molecule has 0 aromatic carbocycles. The van der Waals surface area contributed by atoms with Crippen LogP contribution in [-0.4, -0.2) is 42.3 Å². The van der Waals surface area contributed by atoms with Gasteiger partial charge in [-0.3, -0.25) is 0 Å². The van der Waals surface area contributed by atoms with E-state index in [1.807, 2.05) is 0 Å². The van der Waals surface area contributed by atoms with E-state index < -0.39 is 0 Å². The standard InChI is InChI=1S/C17H23NO3/c1-21-16(20)11-8-12-10-14(19)13-4-2-6-18-7-3-5-17(12,13)15(18)9-11/h8-9,12-14,19H,2-7,10H2,1H3. The number of aliphatic hydroxyl groups is 1. The van der Waals surface area contributed by atoms with Gasteiger partial charge in [-0.25, -0.2) is 4.79 Å². The van der Waals surface area contributed by atoms with Gasteiger partial charge < -0.3 is 14.7 Å². The summed E-state index contributed by atoms with van der Waals surface area (Å²) in [5, 5.41) is 10.6. The van der Waals surface area contributed by atoms with Crippen molar-refractivity contribution in [2.75, 3.05) is 20.2 Å². The summed E-state index contributed by atoms with van der Waals surface area (Å²) < 4.78 is 4.92. The fraction of sp³-hybridized carbons (Fsp3) is 0.706. The molecule has 4 rings (SSSR count). The van der Waals surface area contributed by atoms with Gasteiger partial charge in [-0.15, -0.1) is 0 Å². The number of carbonyl (C=O) groups is 1. The minimum Gasteiger partial charge on any atom is -0.465 e. The molecule has 2 aliphatic carbocycles. The van der Waals surface area contributed by atoms with E-state index in [0.717, 1.165) is 38.8 Å². The number of carbonyl (C=O) groups excluding carboxylic acids is 1. The Morgan fingerprint density at radius 2 is 2.24 bits per heavy atom. The first-order chi connectivity index (χ1) is 10.2. The molecule has 4 unspecified atom stereocenters. The molecule has 1 N–H and O–H groups in total. The Balaban J connectivity index is 1.86. The molecule has 3 fully saturated rings. The predicted molar refractivity (Wildman–Crippen MR) is 78.3 cm³/mol. The lowest BCUT2D eigenvalue weighted by Gasteiger charge is -2.50. The van der Waals surface area contributed by atoms with Gasteiger partial charge in [-0.1, -0.05) is 6.08 Å². The van der Waals surface area contributed by atoms with Gasteiger partial charge in [0.1, 0.15) is 0 Å². The topological polar surface area (TPSA) is 49.8 Å². The molecule has 21 heavy (non-hydrogen) atoms. The van der Waals surface area contributed by atoms with Crippen molar-refractivity contribution in [3.8, 4) is 0 Å². The lowest BCUT2D eigenvalue weighted by Crippen LogP contribution is -2.46. The Morgan fingerprint density at radius 3 is 3.05 bits per heavy atom. The molecule has 1 saturated carbocycles. The van der Waals surface area contributed by atoms with E-state index in [9.17, 15) is 9.90 Å². The summed E-state index contributed by atoms with van der Waals surface area (Å²) in [7, 11) is 1.44. The highest BCUT2D eigenvalue weighted by atomic mass is 16.5. The molecule has 4 aliphatic rings. The van der Waals surface area contributed by atoms with E-state index >= 15 is 0 Å². The van der Waals surface area contributed by atoms with Gasteiger partial charge in [-0.2, -0.15) is 0 Å². The van der Waals surface area contributed by atoms with Crippen molar-refractivity contribution >= 4 is 5.97 Å². The molecule has 0 amide bonds. The van der Waals surface area contributed by atoms with Crippen LogP contribution in [0.4, 0.5) is 0 Å². The van der Waals surface area contributed by atoms with Crippen LogP contribution >= 0.6 is 0 Å². The van der Waals surface area contributed by atoms with Crippen LogP contribution in [0.5, 0.6) is 0 Å². The number of hydrogen-bond acceptors (Lipinski definition) is 4. The van der Waals surface area contributed by atoms with Crippen molar-refractivity contribution in [2.45, 2.75) is 38.2 Å². The first kappa shape index (κ1) is 13.4. The second-order valence-electron chi connectivity index (χ2n) is 6.93. The predicted octanol–water partition coefficient (Wildman–Crippen LogP) is 1.86. The minimum atomic E-state index is -0.251. The van der Waals surface area contributed by atoms with Crippen molar-refractivity contribution < 1.29 is 14.6 Å². The highest BCUT2D eigenvalue weighted by molar-refractivity contribution is 5.92. The number of ether oxygens (including phenoxy) is 1. The van der Waals surface area contributed by atoms with E-state index in [1.54, 1.807) is 0 Å². The van der Waals surface area contributed by atoms with Crippen molar-refractivity contribution in [2.24, 2.45) is 17.3 Å². The van der Waals surface area contributed by atoms with Crippen LogP contribution in [-0.2, 0) is 9.53 Å². The van der Waals surface area contributed by atoms with Crippen LogP contribution < -0.4 is 0 Å². The average molecular weight is 289 g/mol. The highest BCUT2D eigenvalue weighted by Gasteiger charge is 2.59.